The van der Waals surface area contributed by atoms with Crippen LogP contribution in [0.25, 0.3) is 12.2 Å². The number of hydrogen-bond donors (Lipinski definition) is 2. The number of carbonyl (C=O) groups excluding carboxylic acids is 2. The van der Waals surface area contributed by atoms with Crippen LogP contribution in [0.5, 0.6) is 23.0 Å². The molecule has 6 rings (SSSR count). The highest BCUT2D eigenvalue weighted by Crippen LogP contribution is 2.33. The third kappa shape index (κ3) is 8.25. The molecule has 0 unspecified atom stereocenters. The van der Waals surface area contributed by atoms with Crippen LogP contribution < -0.4 is 29.6 Å². The van der Waals surface area contributed by atoms with Crippen molar-refractivity contribution in [2.75, 3.05) is 37.1 Å². The molecule has 4 aromatic rings. The zero-order valence-corrected chi connectivity index (χ0v) is 22.8. The average molecular weight is 563 g/mol. The maximum atomic E-state index is 11.9. The van der Waals surface area contributed by atoms with Gasteiger partial charge in [-0.15, -0.1) is 0 Å². The van der Waals surface area contributed by atoms with Crippen LogP contribution >= 0.6 is 0 Å². The summed E-state index contributed by atoms with van der Waals surface area (Å²) >= 11 is 0. The van der Waals surface area contributed by atoms with Crippen LogP contribution in [-0.2, 0) is 9.59 Å². The number of nitrogens with one attached hydrogen (secondary N) is 2. The molecule has 2 aliphatic rings. The summed E-state index contributed by atoms with van der Waals surface area (Å²) in [4.78, 5) is 23.8. The minimum atomic E-state index is -0.185. The van der Waals surface area contributed by atoms with Gasteiger partial charge in [0.05, 0.1) is 0 Å². The van der Waals surface area contributed by atoms with Gasteiger partial charge >= 0.3 is 0 Å². The molecule has 4 aromatic carbocycles. The number of fused-ring (bicyclic) bond motifs is 2. The van der Waals surface area contributed by atoms with E-state index < -0.39 is 0 Å². The van der Waals surface area contributed by atoms with Crippen molar-refractivity contribution in [2.45, 2.75) is 0 Å². The Bertz CT molecular complexity index is 1450. The number of benzene rings is 4. The lowest BCUT2D eigenvalue weighted by molar-refractivity contribution is -0.112. The second kappa shape index (κ2) is 14.2. The summed E-state index contributed by atoms with van der Waals surface area (Å²) in [6, 6.07) is 30.1. The van der Waals surface area contributed by atoms with Gasteiger partial charge in [0.15, 0.2) is 23.0 Å². The topological polar surface area (TPSA) is 95.1 Å². The van der Waals surface area contributed by atoms with Gasteiger partial charge in [0.1, 0.15) is 26.4 Å². The molecule has 212 valence electrons. The first kappa shape index (κ1) is 28.0. The zero-order valence-electron chi connectivity index (χ0n) is 22.8. The molecule has 0 radical (unpaired) electrons. The molecule has 2 heterocycles. The standard InChI is InChI=1S/2C17H15NO3/c2*19-17(9-6-13-4-2-1-3-5-13)18-14-7-8-15-16(12-14)21-11-10-20-15/h2*1-9,12H,10-11H2,(H,18,19)/b2*9-6+. The summed E-state index contributed by atoms with van der Waals surface area (Å²) in [5.41, 5.74) is 3.33. The van der Waals surface area contributed by atoms with Crippen LogP contribution in [0, 0.1) is 0 Å². The first-order valence-corrected chi connectivity index (χ1v) is 13.5. The fraction of sp³-hybridized carbons (Fsp3) is 0.118. The molecule has 0 fully saturated rings. The molecule has 0 aromatic heterocycles. The van der Waals surface area contributed by atoms with Gasteiger partial charge in [-0.05, 0) is 47.5 Å². The lowest BCUT2D eigenvalue weighted by Gasteiger charge is -2.18. The van der Waals surface area contributed by atoms with Crippen LogP contribution in [0.1, 0.15) is 11.1 Å². The minimum absolute atomic E-state index is 0.185. The van der Waals surface area contributed by atoms with E-state index in [0.717, 1.165) is 11.1 Å². The molecular weight excluding hydrogens is 532 g/mol. The highest BCUT2D eigenvalue weighted by molar-refractivity contribution is 6.02. The van der Waals surface area contributed by atoms with Crippen LogP contribution in [0.4, 0.5) is 11.4 Å². The maximum Gasteiger partial charge on any atom is 0.248 e. The van der Waals surface area contributed by atoms with E-state index in [1.54, 1.807) is 48.6 Å². The van der Waals surface area contributed by atoms with E-state index in [2.05, 4.69) is 10.6 Å². The monoisotopic (exact) mass is 562 g/mol. The number of rotatable bonds is 6. The van der Waals surface area contributed by atoms with Crippen LogP contribution in [-0.4, -0.2) is 38.2 Å². The number of carbonyl (C=O) groups is 2. The molecular formula is C34H30N2O6. The molecule has 8 heteroatoms. The predicted octanol–water partition coefficient (Wildman–Crippen LogP) is 6.22. The second-order valence-corrected chi connectivity index (χ2v) is 9.18. The van der Waals surface area contributed by atoms with Gasteiger partial charge in [0, 0.05) is 35.7 Å². The molecule has 0 saturated heterocycles. The largest absolute Gasteiger partial charge is 0.486 e. The van der Waals surface area contributed by atoms with Crippen LogP contribution in [0.15, 0.2) is 109 Å². The van der Waals surface area contributed by atoms with Crippen molar-refractivity contribution in [3.05, 3.63) is 120 Å². The maximum absolute atomic E-state index is 11.9. The Labute approximate surface area is 244 Å². The third-order valence-corrected chi connectivity index (χ3v) is 6.07. The Kier molecular flexibility index (Phi) is 9.50. The fourth-order valence-corrected chi connectivity index (χ4v) is 4.08. The Morgan fingerprint density at radius 2 is 0.881 bits per heavy atom. The highest BCUT2D eigenvalue weighted by atomic mass is 16.6. The normalized spacial score (nSPS) is 13.1. The Hall–Kier alpha value is -5.50. The number of anilines is 2. The van der Waals surface area contributed by atoms with Crippen molar-refractivity contribution in [1.29, 1.82) is 0 Å². The molecule has 2 aliphatic heterocycles. The van der Waals surface area contributed by atoms with Gasteiger partial charge in [0.2, 0.25) is 11.8 Å². The lowest BCUT2D eigenvalue weighted by atomic mass is 10.2. The van der Waals surface area contributed by atoms with E-state index in [4.69, 9.17) is 18.9 Å². The zero-order chi connectivity index (χ0) is 29.0. The minimum Gasteiger partial charge on any atom is -0.486 e. The summed E-state index contributed by atoms with van der Waals surface area (Å²) < 4.78 is 21.8. The lowest BCUT2D eigenvalue weighted by Crippen LogP contribution is -2.16. The van der Waals surface area contributed by atoms with Crippen LogP contribution in [0.2, 0.25) is 0 Å². The smallest absolute Gasteiger partial charge is 0.248 e. The molecule has 42 heavy (non-hydrogen) atoms. The van der Waals surface area contributed by atoms with Crippen molar-refractivity contribution in [2.24, 2.45) is 0 Å². The first-order chi connectivity index (χ1) is 20.6. The Balaban J connectivity index is 0.000000168. The van der Waals surface area contributed by atoms with E-state index in [9.17, 15) is 9.59 Å². The molecule has 0 bridgehead atoms. The third-order valence-electron chi connectivity index (χ3n) is 6.07. The quantitative estimate of drug-likeness (QED) is 0.271. The van der Waals surface area contributed by atoms with E-state index in [0.29, 0.717) is 60.8 Å². The number of amides is 2. The summed E-state index contributed by atoms with van der Waals surface area (Å²) in [5.74, 6) is 2.36. The molecule has 2 N–H and O–H groups in total. The molecule has 0 atom stereocenters. The van der Waals surface area contributed by atoms with Gasteiger partial charge < -0.3 is 29.6 Å². The van der Waals surface area contributed by atoms with E-state index >= 15 is 0 Å². The fourth-order valence-electron chi connectivity index (χ4n) is 4.08. The van der Waals surface area contributed by atoms with Gasteiger partial charge in [0.25, 0.3) is 0 Å². The van der Waals surface area contributed by atoms with Gasteiger partial charge in [-0.1, -0.05) is 60.7 Å². The Morgan fingerprint density at radius 3 is 1.29 bits per heavy atom. The molecule has 2 amide bonds. The van der Waals surface area contributed by atoms with E-state index in [1.807, 2.05) is 60.7 Å². The number of hydrogen-bond acceptors (Lipinski definition) is 6. The van der Waals surface area contributed by atoms with Gasteiger partial charge in [-0.3, -0.25) is 9.59 Å². The van der Waals surface area contributed by atoms with Crippen molar-refractivity contribution < 1.29 is 28.5 Å². The summed E-state index contributed by atoms with van der Waals surface area (Å²) in [6.45, 7) is 2.16. The predicted molar refractivity (Wildman–Crippen MR) is 163 cm³/mol. The van der Waals surface area contributed by atoms with Gasteiger partial charge in [-0.2, -0.15) is 0 Å². The summed E-state index contributed by atoms with van der Waals surface area (Å²) in [5, 5.41) is 5.60. The molecule has 0 aliphatic carbocycles. The van der Waals surface area contributed by atoms with E-state index in [1.165, 1.54) is 12.2 Å². The molecule has 0 spiro atoms. The molecule has 0 saturated carbocycles. The van der Waals surface area contributed by atoms with E-state index in [-0.39, 0.29) is 11.8 Å². The van der Waals surface area contributed by atoms with Crippen molar-refractivity contribution >= 4 is 35.3 Å². The van der Waals surface area contributed by atoms with Crippen molar-refractivity contribution in [3.63, 3.8) is 0 Å². The average Bonchev–Trinajstić information content (AvgIpc) is 3.04. The van der Waals surface area contributed by atoms with Crippen LogP contribution in [0.3, 0.4) is 0 Å². The number of ether oxygens (including phenoxy) is 4. The Morgan fingerprint density at radius 1 is 0.500 bits per heavy atom. The SMILES string of the molecule is O=C(/C=C/c1ccccc1)Nc1ccc2c(c1)OCCO2.O=C(/C=C/c1ccccc1)Nc1ccc2c(c1)OCCO2. The second-order valence-electron chi connectivity index (χ2n) is 9.18. The van der Waals surface area contributed by atoms with Gasteiger partial charge in [-0.25, -0.2) is 0 Å². The summed E-state index contributed by atoms with van der Waals surface area (Å²) in [6.07, 6.45) is 6.55. The highest BCUT2D eigenvalue weighted by Gasteiger charge is 2.13. The van der Waals surface area contributed by atoms with Crippen molar-refractivity contribution in [1.82, 2.24) is 0 Å². The first-order valence-electron chi connectivity index (χ1n) is 13.5. The van der Waals surface area contributed by atoms with Crippen molar-refractivity contribution in [3.8, 4) is 23.0 Å². The summed E-state index contributed by atoms with van der Waals surface area (Å²) in [7, 11) is 0. The molecule has 8 nitrogen and oxygen atoms in total.